The Morgan fingerprint density at radius 3 is 2.20 bits per heavy atom. The number of benzene rings is 2. The standard InChI is InChI=1S/C18H21IO/c19-14-6-2-5-7-16-10-12-18(13-11-16)20-15-17-8-3-1-4-9-17/h1,3-4,8-13H,2,5-7,14-15H2. The van der Waals surface area contributed by atoms with Crippen LogP contribution in [-0.2, 0) is 13.0 Å². The number of hydrogen-bond donors (Lipinski definition) is 0. The average molecular weight is 380 g/mol. The Kier molecular flexibility index (Phi) is 6.92. The molecule has 0 fully saturated rings. The normalized spacial score (nSPS) is 10.4. The first-order valence-corrected chi connectivity index (χ1v) is 8.72. The fourth-order valence-corrected chi connectivity index (χ4v) is 2.63. The first kappa shape index (κ1) is 15.4. The highest BCUT2D eigenvalue weighted by Gasteiger charge is 1.97. The van der Waals surface area contributed by atoms with Crippen molar-refractivity contribution in [3.63, 3.8) is 0 Å². The van der Waals surface area contributed by atoms with Crippen molar-refractivity contribution >= 4 is 22.6 Å². The number of rotatable bonds is 8. The summed E-state index contributed by atoms with van der Waals surface area (Å²) in [7, 11) is 0. The van der Waals surface area contributed by atoms with Crippen molar-refractivity contribution in [3.05, 3.63) is 65.7 Å². The molecular weight excluding hydrogens is 359 g/mol. The lowest BCUT2D eigenvalue weighted by Gasteiger charge is -2.07. The van der Waals surface area contributed by atoms with E-state index < -0.39 is 0 Å². The third-order valence-electron chi connectivity index (χ3n) is 3.27. The van der Waals surface area contributed by atoms with E-state index in [1.54, 1.807) is 0 Å². The molecule has 0 aliphatic carbocycles. The van der Waals surface area contributed by atoms with E-state index in [9.17, 15) is 0 Å². The minimum absolute atomic E-state index is 0.635. The van der Waals surface area contributed by atoms with Crippen molar-refractivity contribution < 1.29 is 4.74 Å². The van der Waals surface area contributed by atoms with Gasteiger partial charge in [-0.25, -0.2) is 0 Å². The van der Waals surface area contributed by atoms with E-state index in [1.165, 1.54) is 41.2 Å². The van der Waals surface area contributed by atoms with Crippen LogP contribution in [-0.4, -0.2) is 4.43 Å². The van der Waals surface area contributed by atoms with Crippen molar-refractivity contribution in [2.24, 2.45) is 0 Å². The van der Waals surface area contributed by atoms with Gasteiger partial charge in [0.15, 0.2) is 0 Å². The molecule has 0 aromatic heterocycles. The molecule has 0 N–H and O–H groups in total. The number of halogens is 1. The molecule has 0 spiro atoms. The molecule has 20 heavy (non-hydrogen) atoms. The van der Waals surface area contributed by atoms with Crippen LogP contribution in [0.4, 0.5) is 0 Å². The predicted molar refractivity (Wildman–Crippen MR) is 93.7 cm³/mol. The monoisotopic (exact) mass is 380 g/mol. The molecule has 0 unspecified atom stereocenters. The molecule has 2 rings (SSSR count). The van der Waals surface area contributed by atoms with E-state index in [4.69, 9.17) is 4.74 Å². The summed E-state index contributed by atoms with van der Waals surface area (Å²) < 4.78 is 7.06. The van der Waals surface area contributed by atoms with E-state index in [1.807, 2.05) is 18.2 Å². The second-order valence-corrected chi connectivity index (χ2v) is 6.00. The van der Waals surface area contributed by atoms with Crippen LogP contribution in [0.1, 0.15) is 30.4 Å². The van der Waals surface area contributed by atoms with Crippen LogP contribution in [0.15, 0.2) is 54.6 Å². The smallest absolute Gasteiger partial charge is 0.119 e. The molecule has 0 aliphatic heterocycles. The van der Waals surface area contributed by atoms with Crippen molar-refractivity contribution in [2.45, 2.75) is 32.3 Å². The first-order valence-electron chi connectivity index (χ1n) is 7.20. The van der Waals surface area contributed by atoms with Gasteiger partial charge < -0.3 is 4.74 Å². The van der Waals surface area contributed by atoms with Crippen LogP contribution >= 0.6 is 22.6 Å². The van der Waals surface area contributed by atoms with Crippen LogP contribution < -0.4 is 4.74 Å². The van der Waals surface area contributed by atoms with Crippen LogP contribution in [0.25, 0.3) is 0 Å². The molecule has 1 nitrogen and oxygen atoms in total. The van der Waals surface area contributed by atoms with Crippen LogP contribution in [0.2, 0.25) is 0 Å². The van der Waals surface area contributed by atoms with E-state index in [0.29, 0.717) is 6.61 Å². The minimum Gasteiger partial charge on any atom is -0.489 e. The molecule has 0 amide bonds. The second kappa shape index (κ2) is 9.01. The fourth-order valence-electron chi connectivity index (χ4n) is 2.09. The summed E-state index contributed by atoms with van der Waals surface area (Å²) in [5.74, 6) is 0.949. The topological polar surface area (TPSA) is 9.23 Å². The minimum atomic E-state index is 0.635. The maximum Gasteiger partial charge on any atom is 0.119 e. The summed E-state index contributed by atoms with van der Waals surface area (Å²) in [4.78, 5) is 0. The molecular formula is C18H21IO. The Morgan fingerprint density at radius 1 is 0.750 bits per heavy atom. The van der Waals surface area contributed by atoms with Gasteiger partial charge in [0.1, 0.15) is 12.4 Å². The lowest BCUT2D eigenvalue weighted by atomic mass is 10.1. The van der Waals surface area contributed by atoms with Gasteiger partial charge in [0.25, 0.3) is 0 Å². The van der Waals surface area contributed by atoms with E-state index in [0.717, 1.165) is 5.75 Å². The van der Waals surface area contributed by atoms with E-state index >= 15 is 0 Å². The lowest BCUT2D eigenvalue weighted by Crippen LogP contribution is -1.95. The molecule has 0 bridgehead atoms. The van der Waals surface area contributed by atoms with Crippen molar-refractivity contribution in [3.8, 4) is 5.75 Å². The van der Waals surface area contributed by atoms with Crippen molar-refractivity contribution in [1.29, 1.82) is 0 Å². The number of unbranched alkanes of at least 4 members (excludes halogenated alkanes) is 2. The lowest BCUT2D eigenvalue weighted by molar-refractivity contribution is 0.306. The van der Waals surface area contributed by atoms with Crippen LogP contribution in [0, 0.1) is 0 Å². The maximum atomic E-state index is 5.79. The Hall–Kier alpha value is -1.03. The largest absolute Gasteiger partial charge is 0.489 e. The van der Waals surface area contributed by atoms with Crippen molar-refractivity contribution in [2.75, 3.05) is 4.43 Å². The van der Waals surface area contributed by atoms with Crippen LogP contribution in [0.3, 0.4) is 0 Å². The van der Waals surface area contributed by atoms with Gasteiger partial charge in [0.05, 0.1) is 0 Å². The third-order valence-corrected chi connectivity index (χ3v) is 4.03. The summed E-state index contributed by atoms with van der Waals surface area (Å²) in [5.41, 5.74) is 2.61. The molecule has 0 saturated carbocycles. The number of aryl methyl sites for hydroxylation is 1. The Balaban J connectivity index is 1.76. The highest BCUT2D eigenvalue weighted by atomic mass is 127. The van der Waals surface area contributed by atoms with Gasteiger partial charge in [-0.1, -0.05) is 71.5 Å². The molecule has 0 aliphatic rings. The Morgan fingerprint density at radius 2 is 1.50 bits per heavy atom. The molecule has 2 heteroatoms. The zero-order valence-corrected chi connectivity index (χ0v) is 13.9. The molecule has 106 valence electrons. The van der Waals surface area contributed by atoms with Gasteiger partial charge >= 0.3 is 0 Å². The fraction of sp³-hybridized carbons (Fsp3) is 0.333. The van der Waals surface area contributed by atoms with Gasteiger partial charge in [-0.2, -0.15) is 0 Å². The Labute approximate surface area is 135 Å². The molecule has 0 saturated heterocycles. The summed E-state index contributed by atoms with van der Waals surface area (Å²) in [6.45, 7) is 0.635. The maximum absolute atomic E-state index is 5.79. The number of ether oxygens (including phenoxy) is 1. The van der Waals surface area contributed by atoms with Crippen molar-refractivity contribution in [1.82, 2.24) is 0 Å². The SMILES string of the molecule is ICCCCCc1ccc(OCc2ccccc2)cc1. The van der Waals surface area contributed by atoms with E-state index in [-0.39, 0.29) is 0 Å². The number of hydrogen-bond acceptors (Lipinski definition) is 1. The van der Waals surface area contributed by atoms with Crippen LogP contribution in [0.5, 0.6) is 5.75 Å². The van der Waals surface area contributed by atoms with E-state index in [2.05, 4.69) is 59.0 Å². The molecule has 0 atom stereocenters. The predicted octanol–water partition coefficient (Wildman–Crippen LogP) is 5.41. The highest BCUT2D eigenvalue weighted by Crippen LogP contribution is 2.16. The quantitative estimate of drug-likeness (QED) is 0.338. The molecule has 2 aromatic carbocycles. The highest BCUT2D eigenvalue weighted by molar-refractivity contribution is 14.1. The third kappa shape index (κ3) is 5.53. The molecule has 0 heterocycles. The average Bonchev–Trinajstić information content (AvgIpc) is 2.52. The second-order valence-electron chi connectivity index (χ2n) is 4.92. The molecule has 2 aromatic rings. The van der Waals surface area contributed by atoms with Gasteiger partial charge in [-0.15, -0.1) is 0 Å². The zero-order chi connectivity index (χ0) is 14.0. The van der Waals surface area contributed by atoms with Gasteiger partial charge in [0, 0.05) is 0 Å². The summed E-state index contributed by atoms with van der Waals surface area (Å²) in [6, 6.07) is 18.8. The summed E-state index contributed by atoms with van der Waals surface area (Å²) in [5, 5.41) is 0. The summed E-state index contributed by atoms with van der Waals surface area (Å²) in [6.07, 6.45) is 5.12. The van der Waals surface area contributed by atoms with Gasteiger partial charge in [0.2, 0.25) is 0 Å². The Bertz CT molecular complexity index is 479. The van der Waals surface area contributed by atoms with Gasteiger partial charge in [-0.05, 0) is 46.9 Å². The first-order chi connectivity index (χ1) is 9.88. The molecule has 0 radical (unpaired) electrons. The summed E-state index contributed by atoms with van der Waals surface area (Å²) >= 11 is 2.44. The zero-order valence-electron chi connectivity index (χ0n) is 11.7. The van der Waals surface area contributed by atoms with Gasteiger partial charge in [-0.3, -0.25) is 0 Å². The number of alkyl halides is 1.